The van der Waals surface area contributed by atoms with Crippen molar-refractivity contribution in [1.29, 1.82) is 0 Å². The van der Waals surface area contributed by atoms with E-state index >= 15 is 0 Å². The Labute approximate surface area is 195 Å². The van der Waals surface area contributed by atoms with Gasteiger partial charge in [0.2, 0.25) is 0 Å². The average molecular weight is 505 g/mol. The summed E-state index contributed by atoms with van der Waals surface area (Å²) < 4.78 is 0.943. The molecule has 3 aromatic heterocycles. The summed E-state index contributed by atoms with van der Waals surface area (Å²) >= 11 is 4.96. The number of aldehydes is 1. The summed E-state index contributed by atoms with van der Waals surface area (Å²) in [6, 6.07) is 16.2. The van der Waals surface area contributed by atoms with Crippen molar-refractivity contribution in [2.24, 2.45) is 11.5 Å². The van der Waals surface area contributed by atoms with E-state index in [1.807, 2.05) is 49.5 Å². The number of aliphatic hydroxyl groups excluding tert-OH is 1. The van der Waals surface area contributed by atoms with Crippen LogP contribution in [0.3, 0.4) is 0 Å². The van der Waals surface area contributed by atoms with Gasteiger partial charge in [0, 0.05) is 52.4 Å². The number of H-pyrrole nitrogens is 1. The second-order valence-corrected chi connectivity index (χ2v) is 8.35. The molecule has 0 radical (unpaired) electrons. The Morgan fingerprint density at radius 2 is 1.87 bits per heavy atom. The quantitative estimate of drug-likeness (QED) is 0.300. The van der Waals surface area contributed by atoms with Crippen molar-refractivity contribution in [2.75, 3.05) is 13.7 Å². The lowest BCUT2D eigenvalue weighted by Crippen LogP contribution is -2.25. The smallest absolute Gasteiger partial charge is 0.160 e. The molecule has 0 fully saturated rings. The van der Waals surface area contributed by atoms with E-state index in [1.165, 1.54) is 16.9 Å². The SMILES string of the molecule is CC(N)CN.CO.Cc1ccccc1.O=Cc1cc(Br)c(-c2ccnc3[nH]ccc23)s1. The molecule has 6 N–H and O–H groups in total. The van der Waals surface area contributed by atoms with Crippen LogP contribution in [0.5, 0.6) is 0 Å². The standard InChI is InChI=1S/C12H7BrN2OS.C7H8.C3H10N2.CH4O/c13-10-5-7(6-16)17-11(10)8-1-3-14-12-9(8)2-4-15-12;1-7-5-3-2-4-6-7;1-3(5)2-4;1-2/h1-6H,(H,14,15);2-6H,1H3;3H,2,4-5H2,1H3;2H,1H3. The van der Waals surface area contributed by atoms with E-state index in [2.05, 4.69) is 45.0 Å². The van der Waals surface area contributed by atoms with E-state index < -0.39 is 0 Å². The number of thiophene rings is 1. The van der Waals surface area contributed by atoms with Crippen LogP contribution in [-0.2, 0) is 0 Å². The molecule has 3 heterocycles. The van der Waals surface area contributed by atoms with Crippen LogP contribution in [-0.4, -0.2) is 41.1 Å². The fourth-order valence-electron chi connectivity index (χ4n) is 2.32. The number of nitrogens with one attached hydrogen (secondary N) is 1. The number of nitrogens with two attached hydrogens (primary N) is 2. The van der Waals surface area contributed by atoms with Gasteiger partial charge in [-0.25, -0.2) is 4.98 Å². The van der Waals surface area contributed by atoms with Crippen molar-refractivity contribution < 1.29 is 9.90 Å². The van der Waals surface area contributed by atoms with E-state index in [1.54, 1.807) is 6.20 Å². The van der Waals surface area contributed by atoms with Crippen molar-refractivity contribution >= 4 is 44.6 Å². The number of rotatable bonds is 3. The van der Waals surface area contributed by atoms with Crippen LogP contribution in [0, 0.1) is 6.92 Å². The van der Waals surface area contributed by atoms with E-state index in [0.717, 1.165) is 39.3 Å². The number of nitrogens with zero attached hydrogens (tertiary/aromatic N) is 1. The zero-order chi connectivity index (χ0) is 23.2. The first-order chi connectivity index (χ1) is 15.0. The van der Waals surface area contributed by atoms with Crippen LogP contribution in [0.15, 0.2) is 65.4 Å². The third-order valence-electron chi connectivity index (χ3n) is 3.84. The van der Waals surface area contributed by atoms with Crippen molar-refractivity contribution in [3.05, 3.63) is 75.8 Å². The lowest BCUT2D eigenvalue weighted by molar-refractivity contribution is 0.112. The zero-order valence-electron chi connectivity index (χ0n) is 17.9. The van der Waals surface area contributed by atoms with Gasteiger partial charge in [-0.05, 0) is 48.0 Å². The molecule has 1 aromatic carbocycles. The molecule has 4 aromatic rings. The largest absolute Gasteiger partial charge is 0.400 e. The number of aliphatic hydroxyl groups is 1. The number of carbonyl (C=O) groups excluding carboxylic acids is 1. The molecule has 0 bridgehead atoms. The number of aryl methyl sites for hydroxylation is 1. The van der Waals surface area contributed by atoms with Crippen LogP contribution in [0.1, 0.15) is 22.2 Å². The molecular formula is C23H29BrN4O2S. The molecule has 0 saturated carbocycles. The Bertz CT molecular complexity index is 1030. The van der Waals surface area contributed by atoms with Crippen molar-refractivity contribution in [3.63, 3.8) is 0 Å². The molecule has 1 atom stereocenters. The van der Waals surface area contributed by atoms with Gasteiger partial charge in [0.15, 0.2) is 6.29 Å². The van der Waals surface area contributed by atoms with Crippen molar-refractivity contribution in [1.82, 2.24) is 9.97 Å². The van der Waals surface area contributed by atoms with Crippen LogP contribution in [0.2, 0.25) is 0 Å². The third kappa shape index (κ3) is 8.72. The summed E-state index contributed by atoms with van der Waals surface area (Å²) in [5.41, 5.74) is 13.5. The highest BCUT2D eigenvalue weighted by Crippen LogP contribution is 2.38. The molecule has 166 valence electrons. The highest BCUT2D eigenvalue weighted by Gasteiger charge is 2.12. The van der Waals surface area contributed by atoms with Crippen LogP contribution in [0.25, 0.3) is 21.5 Å². The molecule has 1 unspecified atom stereocenters. The number of carbonyl (C=O) groups is 1. The maximum atomic E-state index is 10.8. The number of aromatic amines is 1. The highest BCUT2D eigenvalue weighted by atomic mass is 79.9. The number of fused-ring (bicyclic) bond motifs is 1. The number of hydrogen-bond donors (Lipinski definition) is 4. The fraction of sp³-hybridized carbons (Fsp3) is 0.217. The first kappa shape index (κ1) is 26.7. The Kier molecular flexibility index (Phi) is 12.6. The minimum Gasteiger partial charge on any atom is -0.400 e. The molecular weight excluding hydrogens is 476 g/mol. The molecule has 4 rings (SSSR count). The van der Waals surface area contributed by atoms with E-state index in [0.29, 0.717) is 11.4 Å². The molecule has 6 nitrogen and oxygen atoms in total. The van der Waals surface area contributed by atoms with Gasteiger partial charge in [-0.15, -0.1) is 11.3 Å². The van der Waals surface area contributed by atoms with Gasteiger partial charge in [0.25, 0.3) is 0 Å². The second kappa shape index (κ2) is 14.6. The van der Waals surface area contributed by atoms with Crippen molar-refractivity contribution in [3.8, 4) is 10.4 Å². The van der Waals surface area contributed by atoms with Gasteiger partial charge in [-0.2, -0.15) is 0 Å². The van der Waals surface area contributed by atoms with Crippen LogP contribution < -0.4 is 11.5 Å². The fourth-order valence-corrected chi connectivity index (χ4v) is 4.08. The normalized spacial score (nSPS) is 10.5. The van der Waals surface area contributed by atoms with Gasteiger partial charge in [-0.3, -0.25) is 4.79 Å². The van der Waals surface area contributed by atoms with Gasteiger partial charge >= 0.3 is 0 Å². The molecule has 0 spiro atoms. The predicted molar refractivity (Wildman–Crippen MR) is 135 cm³/mol. The maximum absolute atomic E-state index is 10.8. The number of aromatic nitrogens is 2. The van der Waals surface area contributed by atoms with E-state index in [9.17, 15) is 4.79 Å². The summed E-state index contributed by atoms with van der Waals surface area (Å²) in [7, 11) is 1.00. The molecule has 0 saturated heterocycles. The number of hydrogen-bond acceptors (Lipinski definition) is 6. The lowest BCUT2D eigenvalue weighted by atomic mass is 10.1. The van der Waals surface area contributed by atoms with E-state index in [-0.39, 0.29) is 6.04 Å². The van der Waals surface area contributed by atoms with Gasteiger partial charge in [0.05, 0.1) is 4.88 Å². The van der Waals surface area contributed by atoms with Crippen LogP contribution >= 0.6 is 27.3 Å². The Morgan fingerprint density at radius 1 is 1.23 bits per heavy atom. The lowest BCUT2D eigenvalue weighted by Gasteiger charge is -2.00. The maximum Gasteiger partial charge on any atom is 0.160 e. The Morgan fingerprint density at radius 3 is 2.35 bits per heavy atom. The number of halogens is 1. The van der Waals surface area contributed by atoms with Gasteiger partial charge < -0.3 is 21.6 Å². The summed E-state index contributed by atoms with van der Waals surface area (Å²) in [6.45, 7) is 4.54. The summed E-state index contributed by atoms with van der Waals surface area (Å²) in [6.07, 6.45) is 4.50. The molecule has 0 aliphatic rings. The molecule has 8 heteroatoms. The topological polar surface area (TPSA) is 118 Å². The van der Waals surface area contributed by atoms with Gasteiger partial charge in [-0.1, -0.05) is 35.9 Å². The number of pyridine rings is 1. The molecule has 0 aliphatic carbocycles. The third-order valence-corrected chi connectivity index (χ3v) is 5.82. The summed E-state index contributed by atoms with van der Waals surface area (Å²) in [5.74, 6) is 0. The first-order valence-corrected chi connectivity index (χ1v) is 11.2. The van der Waals surface area contributed by atoms with Crippen molar-refractivity contribution in [2.45, 2.75) is 19.9 Å². The molecule has 0 aliphatic heterocycles. The Balaban J connectivity index is 0.000000285. The summed E-state index contributed by atoms with van der Waals surface area (Å²) in [4.78, 5) is 19.9. The summed E-state index contributed by atoms with van der Waals surface area (Å²) in [5, 5.41) is 8.06. The predicted octanol–water partition coefficient (Wildman–Crippen LogP) is 4.76. The second-order valence-electron chi connectivity index (χ2n) is 6.41. The van der Waals surface area contributed by atoms with Gasteiger partial charge in [0.1, 0.15) is 5.65 Å². The highest BCUT2D eigenvalue weighted by molar-refractivity contribution is 9.10. The number of benzene rings is 1. The molecule has 31 heavy (non-hydrogen) atoms. The minimum absolute atomic E-state index is 0.162. The van der Waals surface area contributed by atoms with Crippen LogP contribution in [0.4, 0.5) is 0 Å². The minimum atomic E-state index is 0.162. The first-order valence-electron chi connectivity index (χ1n) is 9.55. The zero-order valence-corrected chi connectivity index (χ0v) is 20.3. The molecule has 0 amide bonds. The Hall–Kier alpha value is -2.36. The van der Waals surface area contributed by atoms with E-state index in [4.69, 9.17) is 16.6 Å². The monoisotopic (exact) mass is 504 g/mol. The average Bonchev–Trinajstić information content (AvgIpc) is 3.42.